The van der Waals surface area contributed by atoms with Crippen LogP contribution in [0.1, 0.15) is 23.6 Å². The number of nitrogens with two attached hydrogens (primary N) is 1. The molecule has 0 atom stereocenters. The first-order valence-electron chi connectivity index (χ1n) is 7.16. The molecular weight excluding hydrogens is 254 g/mol. The fourth-order valence-electron chi connectivity index (χ4n) is 2.40. The van der Waals surface area contributed by atoms with Gasteiger partial charge in [-0.3, -0.25) is 0 Å². The third kappa shape index (κ3) is 2.75. The van der Waals surface area contributed by atoms with Gasteiger partial charge in [0.05, 0.1) is 0 Å². The SMILES string of the molecule is CCc1ccc(N)c(C#Cc2cccc3ccccc23)c1. The van der Waals surface area contributed by atoms with Crippen LogP contribution in [0.5, 0.6) is 0 Å². The largest absolute Gasteiger partial charge is 0.398 e. The van der Waals surface area contributed by atoms with Crippen LogP contribution in [0.2, 0.25) is 0 Å². The van der Waals surface area contributed by atoms with E-state index in [0.717, 1.165) is 23.2 Å². The zero-order valence-electron chi connectivity index (χ0n) is 12.1. The van der Waals surface area contributed by atoms with Gasteiger partial charge in [0.1, 0.15) is 0 Å². The molecule has 0 aromatic heterocycles. The van der Waals surface area contributed by atoms with Gasteiger partial charge < -0.3 is 5.73 Å². The van der Waals surface area contributed by atoms with Crippen LogP contribution in [0, 0.1) is 11.8 Å². The highest BCUT2D eigenvalue weighted by Crippen LogP contribution is 2.18. The lowest BCUT2D eigenvalue weighted by molar-refractivity contribution is 1.14. The third-order valence-corrected chi connectivity index (χ3v) is 3.65. The Labute approximate surface area is 125 Å². The average molecular weight is 271 g/mol. The first kappa shape index (κ1) is 13.3. The van der Waals surface area contributed by atoms with Crippen LogP contribution in [0.3, 0.4) is 0 Å². The molecule has 0 aliphatic carbocycles. The highest BCUT2D eigenvalue weighted by atomic mass is 14.5. The Morgan fingerprint density at radius 3 is 2.48 bits per heavy atom. The first-order chi connectivity index (χ1) is 10.3. The molecule has 0 heterocycles. The maximum Gasteiger partial charge on any atom is 0.0481 e. The molecule has 0 saturated heterocycles. The minimum Gasteiger partial charge on any atom is -0.398 e. The van der Waals surface area contributed by atoms with Crippen molar-refractivity contribution in [3.8, 4) is 11.8 Å². The summed E-state index contributed by atoms with van der Waals surface area (Å²) in [4.78, 5) is 0. The number of anilines is 1. The molecule has 0 spiro atoms. The van der Waals surface area contributed by atoms with Crippen LogP contribution < -0.4 is 5.73 Å². The molecule has 1 nitrogen and oxygen atoms in total. The van der Waals surface area contributed by atoms with Crippen molar-refractivity contribution in [3.63, 3.8) is 0 Å². The van der Waals surface area contributed by atoms with E-state index in [1.165, 1.54) is 16.3 Å². The molecule has 0 bridgehead atoms. The Morgan fingerprint density at radius 1 is 0.857 bits per heavy atom. The monoisotopic (exact) mass is 271 g/mol. The van der Waals surface area contributed by atoms with E-state index < -0.39 is 0 Å². The van der Waals surface area contributed by atoms with E-state index in [0.29, 0.717) is 0 Å². The van der Waals surface area contributed by atoms with Crippen molar-refractivity contribution in [1.82, 2.24) is 0 Å². The van der Waals surface area contributed by atoms with Crippen LogP contribution >= 0.6 is 0 Å². The molecule has 0 aliphatic rings. The second kappa shape index (κ2) is 5.73. The van der Waals surface area contributed by atoms with E-state index in [4.69, 9.17) is 5.73 Å². The quantitative estimate of drug-likeness (QED) is 0.515. The summed E-state index contributed by atoms with van der Waals surface area (Å²) < 4.78 is 0. The molecule has 2 N–H and O–H groups in total. The second-order valence-electron chi connectivity index (χ2n) is 5.05. The maximum absolute atomic E-state index is 6.02. The number of rotatable bonds is 1. The standard InChI is InChI=1S/C20H17N/c1-2-15-10-13-20(21)18(14-15)12-11-17-8-5-7-16-6-3-4-9-19(16)17/h3-10,13-14H,2,21H2,1H3. The lowest BCUT2D eigenvalue weighted by atomic mass is 10.0. The number of benzene rings is 3. The predicted octanol–water partition coefficient (Wildman–Crippen LogP) is 4.38. The summed E-state index contributed by atoms with van der Waals surface area (Å²) >= 11 is 0. The van der Waals surface area contributed by atoms with Crippen molar-refractivity contribution in [3.05, 3.63) is 77.4 Å². The molecule has 102 valence electrons. The Hall–Kier alpha value is -2.72. The van der Waals surface area contributed by atoms with Crippen molar-refractivity contribution in [2.24, 2.45) is 0 Å². The van der Waals surface area contributed by atoms with Crippen molar-refractivity contribution < 1.29 is 0 Å². The van der Waals surface area contributed by atoms with Gasteiger partial charge in [-0.05, 0) is 41.0 Å². The van der Waals surface area contributed by atoms with Gasteiger partial charge in [-0.1, -0.05) is 61.2 Å². The summed E-state index contributed by atoms with van der Waals surface area (Å²) in [6, 6.07) is 20.6. The van der Waals surface area contributed by atoms with Crippen molar-refractivity contribution >= 4 is 16.5 Å². The molecule has 1 heteroatoms. The molecule has 0 aliphatic heterocycles. The summed E-state index contributed by atoms with van der Waals surface area (Å²) in [5, 5.41) is 2.39. The molecule has 3 aromatic rings. The minimum atomic E-state index is 0.736. The van der Waals surface area contributed by atoms with Crippen molar-refractivity contribution in [2.45, 2.75) is 13.3 Å². The number of aryl methyl sites for hydroxylation is 1. The van der Waals surface area contributed by atoms with Gasteiger partial charge in [0, 0.05) is 16.8 Å². The Balaban J connectivity index is 2.08. The molecular formula is C20H17N. The average Bonchev–Trinajstić information content (AvgIpc) is 2.54. The molecule has 0 radical (unpaired) electrons. The van der Waals surface area contributed by atoms with Crippen LogP contribution in [0.15, 0.2) is 60.7 Å². The Bertz CT molecular complexity index is 845. The summed E-state index contributed by atoms with van der Waals surface area (Å²) in [6.45, 7) is 2.13. The topological polar surface area (TPSA) is 26.0 Å². The summed E-state index contributed by atoms with van der Waals surface area (Å²) in [5.41, 5.74) is 9.95. The van der Waals surface area contributed by atoms with E-state index in [2.05, 4.69) is 55.2 Å². The molecule has 21 heavy (non-hydrogen) atoms. The van der Waals surface area contributed by atoms with Crippen LogP contribution in [0.4, 0.5) is 5.69 Å². The highest BCUT2D eigenvalue weighted by molar-refractivity contribution is 5.88. The van der Waals surface area contributed by atoms with E-state index >= 15 is 0 Å². The Morgan fingerprint density at radius 2 is 1.62 bits per heavy atom. The van der Waals surface area contributed by atoms with Crippen LogP contribution in [-0.4, -0.2) is 0 Å². The number of hydrogen-bond acceptors (Lipinski definition) is 1. The van der Waals surface area contributed by atoms with Gasteiger partial charge in [0.15, 0.2) is 0 Å². The summed E-state index contributed by atoms with van der Waals surface area (Å²) in [7, 11) is 0. The predicted molar refractivity (Wildman–Crippen MR) is 90.2 cm³/mol. The molecule has 0 amide bonds. The fourth-order valence-corrected chi connectivity index (χ4v) is 2.40. The van der Waals surface area contributed by atoms with Crippen LogP contribution in [-0.2, 0) is 6.42 Å². The molecule has 0 unspecified atom stereocenters. The lowest BCUT2D eigenvalue weighted by Gasteiger charge is -2.02. The van der Waals surface area contributed by atoms with Gasteiger partial charge in [0.25, 0.3) is 0 Å². The highest BCUT2D eigenvalue weighted by Gasteiger charge is 1.99. The zero-order valence-corrected chi connectivity index (χ0v) is 12.1. The molecule has 3 rings (SSSR count). The third-order valence-electron chi connectivity index (χ3n) is 3.65. The zero-order chi connectivity index (χ0) is 14.7. The fraction of sp³-hybridized carbons (Fsp3) is 0.100. The number of fused-ring (bicyclic) bond motifs is 1. The van der Waals surface area contributed by atoms with E-state index in [1.807, 2.05) is 24.3 Å². The van der Waals surface area contributed by atoms with Gasteiger partial charge in [-0.2, -0.15) is 0 Å². The van der Waals surface area contributed by atoms with E-state index in [1.54, 1.807) is 0 Å². The van der Waals surface area contributed by atoms with Gasteiger partial charge in [-0.15, -0.1) is 0 Å². The maximum atomic E-state index is 6.02. The van der Waals surface area contributed by atoms with Gasteiger partial charge in [-0.25, -0.2) is 0 Å². The molecule has 0 fully saturated rings. The minimum absolute atomic E-state index is 0.736. The van der Waals surface area contributed by atoms with Gasteiger partial charge >= 0.3 is 0 Å². The molecule has 3 aromatic carbocycles. The van der Waals surface area contributed by atoms with Gasteiger partial charge in [0.2, 0.25) is 0 Å². The lowest BCUT2D eigenvalue weighted by Crippen LogP contribution is -1.92. The molecule has 0 saturated carbocycles. The number of nitrogen functional groups attached to an aromatic ring is 1. The van der Waals surface area contributed by atoms with Crippen molar-refractivity contribution in [1.29, 1.82) is 0 Å². The second-order valence-corrected chi connectivity index (χ2v) is 5.05. The van der Waals surface area contributed by atoms with Crippen LogP contribution in [0.25, 0.3) is 10.8 Å². The van der Waals surface area contributed by atoms with E-state index in [9.17, 15) is 0 Å². The normalized spacial score (nSPS) is 10.1. The Kier molecular flexibility index (Phi) is 3.62. The summed E-state index contributed by atoms with van der Waals surface area (Å²) in [6.07, 6.45) is 0.989. The smallest absolute Gasteiger partial charge is 0.0481 e. The van der Waals surface area contributed by atoms with E-state index in [-0.39, 0.29) is 0 Å². The van der Waals surface area contributed by atoms with Crippen molar-refractivity contribution in [2.75, 3.05) is 5.73 Å². The number of hydrogen-bond donors (Lipinski definition) is 1. The first-order valence-corrected chi connectivity index (χ1v) is 7.16. The summed E-state index contributed by atoms with van der Waals surface area (Å²) in [5.74, 6) is 6.49.